The fourth-order valence-corrected chi connectivity index (χ4v) is 3.77. The van der Waals surface area contributed by atoms with Crippen LogP contribution >= 0.6 is 0 Å². The molecule has 2 aromatic rings. The highest BCUT2D eigenvalue weighted by Gasteiger charge is 2.32. The summed E-state index contributed by atoms with van der Waals surface area (Å²) in [6.45, 7) is 3.32. The number of hydrogen-bond donors (Lipinski definition) is 1. The molecule has 2 fully saturated rings. The smallest absolute Gasteiger partial charge is 0.303 e. The Hall–Kier alpha value is -1.82. The van der Waals surface area contributed by atoms with Gasteiger partial charge in [-0.25, -0.2) is 0 Å². The summed E-state index contributed by atoms with van der Waals surface area (Å²) in [5.41, 5.74) is 1.74. The van der Waals surface area contributed by atoms with E-state index in [9.17, 15) is 13.2 Å². The van der Waals surface area contributed by atoms with Gasteiger partial charge in [-0.05, 0) is 62.4 Å². The van der Waals surface area contributed by atoms with Gasteiger partial charge in [-0.3, -0.25) is 5.10 Å². The van der Waals surface area contributed by atoms with Crippen LogP contribution < -0.4 is 0 Å². The third-order valence-electron chi connectivity index (χ3n) is 5.38. The highest BCUT2D eigenvalue weighted by Crippen LogP contribution is 2.37. The number of benzene rings is 1. The normalized spacial score (nSPS) is 20.1. The van der Waals surface area contributed by atoms with Crippen LogP contribution in [0.25, 0.3) is 11.1 Å². The lowest BCUT2D eigenvalue weighted by molar-refractivity contribution is -0.137. The van der Waals surface area contributed by atoms with Crippen LogP contribution in [0.5, 0.6) is 0 Å². The van der Waals surface area contributed by atoms with Crippen molar-refractivity contribution in [2.45, 2.75) is 37.8 Å². The Bertz CT molecular complexity index is 726. The maximum atomic E-state index is 13.0. The van der Waals surface area contributed by atoms with E-state index in [2.05, 4.69) is 15.1 Å². The summed E-state index contributed by atoms with van der Waals surface area (Å²) in [7, 11) is 0. The summed E-state index contributed by atoms with van der Waals surface area (Å²) in [5, 5.41) is 7.17. The maximum absolute atomic E-state index is 13.0. The van der Waals surface area contributed by atoms with Gasteiger partial charge in [0.1, 0.15) is 0 Å². The molecular formula is C19H22F3N3. The number of H-pyrrole nitrogens is 1. The monoisotopic (exact) mass is 349 g/mol. The molecule has 0 radical (unpaired) electrons. The van der Waals surface area contributed by atoms with Crippen LogP contribution in [0, 0.1) is 5.92 Å². The van der Waals surface area contributed by atoms with E-state index < -0.39 is 11.7 Å². The second-order valence-corrected chi connectivity index (χ2v) is 7.29. The van der Waals surface area contributed by atoms with Crippen LogP contribution in [0.3, 0.4) is 0 Å². The van der Waals surface area contributed by atoms with Crippen molar-refractivity contribution >= 4 is 0 Å². The predicted molar refractivity (Wildman–Crippen MR) is 90.2 cm³/mol. The fraction of sp³-hybridized carbons (Fsp3) is 0.526. The molecule has 1 aliphatic carbocycles. The van der Waals surface area contributed by atoms with Gasteiger partial charge in [0, 0.05) is 23.7 Å². The summed E-state index contributed by atoms with van der Waals surface area (Å²) in [6, 6.07) is 5.52. The Labute approximate surface area is 145 Å². The van der Waals surface area contributed by atoms with Gasteiger partial charge in [0.25, 0.3) is 0 Å². The van der Waals surface area contributed by atoms with Crippen LogP contribution in [-0.4, -0.2) is 34.7 Å². The molecule has 1 aromatic carbocycles. The van der Waals surface area contributed by atoms with Crippen molar-refractivity contribution in [1.82, 2.24) is 15.1 Å². The van der Waals surface area contributed by atoms with Gasteiger partial charge in [0.05, 0.1) is 11.8 Å². The molecule has 3 nitrogen and oxygen atoms in total. The topological polar surface area (TPSA) is 31.9 Å². The van der Waals surface area contributed by atoms with Crippen LogP contribution in [0.2, 0.25) is 0 Å². The molecule has 25 heavy (non-hydrogen) atoms. The molecule has 0 amide bonds. The Balaban J connectivity index is 1.51. The minimum Gasteiger partial charge on any atom is -0.303 e. The SMILES string of the molecule is FC(F)(F)c1cccc(-c2cn[nH]c2C2CCN(CC3CC3)CC2)c1. The number of nitrogens with zero attached hydrogens (tertiary/aromatic N) is 2. The first kappa shape index (κ1) is 16.6. The molecule has 0 spiro atoms. The van der Waals surface area contributed by atoms with Crippen molar-refractivity contribution in [3.63, 3.8) is 0 Å². The molecule has 2 aliphatic rings. The van der Waals surface area contributed by atoms with E-state index in [4.69, 9.17) is 0 Å². The second-order valence-electron chi connectivity index (χ2n) is 7.29. The minimum absolute atomic E-state index is 0.336. The quantitative estimate of drug-likeness (QED) is 0.869. The average Bonchev–Trinajstić information content (AvgIpc) is 3.27. The minimum atomic E-state index is -4.33. The predicted octanol–water partition coefficient (Wildman–Crippen LogP) is 4.68. The maximum Gasteiger partial charge on any atom is 0.416 e. The number of nitrogens with one attached hydrogen (secondary N) is 1. The zero-order valence-corrected chi connectivity index (χ0v) is 14.0. The third kappa shape index (κ3) is 3.73. The first-order valence-corrected chi connectivity index (χ1v) is 8.94. The fourth-order valence-electron chi connectivity index (χ4n) is 3.77. The molecule has 1 aliphatic heterocycles. The first-order valence-electron chi connectivity index (χ1n) is 8.94. The molecule has 6 heteroatoms. The first-order chi connectivity index (χ1) is 12.0. The van der Waals surface area contributed by atoms with Gasteiger partial charge in [-0.2, -0.15) is 18.3 Å². The summed E-state index contributed by atoms with van der Waals surface area (Å²) >= 11 is 0. The van der Waals surface area contributed by atoms with E-state index in [1.807, 2.05) is 0 Å². The Kier molecular flexibility index (Phi) is 4.31. The molecule has 4 rings (SSSR count). The standard InChI is InChI=1S/C19H22F3N3/c20-19(21,22)16-3-1-2-15(10-16)17-11-23-24-18(17)14-6-8-25(9-7-14)12-13-4-5-13/h1-3,10-11,13-14H,4-9,12H2,(H,23,24). The Morgan fingerprint density at radius 3 is 2.56 bits per heavy atom. The second kappa shape index (κ2) is 6.48. The summed E-state index contributed by atoms with van der Waals surface area (Å²) in [5.74, 6) is 1.23. The van der Waals surface area contributed by atoms with Crippen LogP contribution in [0.1, 0.15) is 42.9 Å². The molecule has 1 N–H and O–H groups in total. The van der Waals surface area contributed by atoms with Crippen molar-refractivity contribution in [1.29, 1.82) is 0 Å². The lowest BCUT2D eigenvalue weighted by Crippen LogP contribution is -2.34. The molecule has 1 aromatic heterocycles. The molecular weight excluding hydrogens is 327 g/mol. The van der Waals surface area contributed by atoms with Crippen molar-refractivity contribution in [2.75, 3.05) is 19.6 Å². The van der Waals surface area contributed by atoms with E-state index in [1.165, 1.54) is 31.5 Å². The van der Waals surface area contributed by atoms with Gasteiger partial charge in [0.2, 0.25) is 0 Å². The van der Waals surface area contributed by atoms with E-state index in [1.54, 1.807) is 12.3 Å². The van der Waals surface area contributed by atoms with Crippen molar-refractivity contribution < 1.29 is 13.2 Å². The number of likely N-dealkylation sites (tertiary alicyclic amines) is 1. The van der Waals surface area contributed by atoms with Crippen LogP contribution in [0.4, 0.5) is 13.2 Å². The molecule has 1 saturated heterocycles. The Morgan fingerprint density at radius 1 is 1.12 bits per heavy atom. The Morgan fingerprint density at radius 2 is 1.88 bits per heavy atom. The van der Waals surface area contributed by atoms with E-state index in [0.717, 1.165) is 49.2 Å². The lowest BCUT2D eigenvalue weighted by Gasteiger charge is -2.32. The number of piperidine rings is 1. The van der Waals surface area contributed by atoms with E-state index in [0.29, 0.717) is 11.5 Å². The molecule has 0 bridgehead atoms. The van der Waals surface area contributed by atoms with Crippen LogP contribution in [0.15, 0.2) is 30.5 Å². The van der Waals surface area contributed by atoms with Gasteiger partial charge in [-0.15, -0.1) is 0 Å². The highest BCUT2D eigenvalue weighted by atomic mass is 19.4. The number of alkyl halides is 3. The van der Waals surface area contributed by atoms with Gasteiger partial charge < -0.3 is 4.90 Å². The number of hydrogen-bond acceptors (Lipinski definition) is 2. The number of aromatic amines is 1. The van der Waals surface area contributed by atoms with Crippen molar-refractivity contribution in [2.24, 2.45) is 5.92 Å². The summed E-state index contributed by atoms with van der Waals surface area (Å²) in [4.78, 5) is 2.52. The number of rotatable bonds is 4. The molecule has 1 saturated carbocycles. The molecule has 2 heterocycles. The van der Waals surface area contributed by atoms with E-state index >= 15 is 0 Å². The molecule has 134 valence electrons. The molecule has 0 unspecified atom stereocenters. The average molecular weight is 349 g/mol. The van der Waals surface area contributed by atoms with Gasteiger partial charge in [-0.1, -0.05) is 12.1 Å². The zero-order chi connectivity index (χ0) is 17.4. The van der Waals surface area contributed by atoms with Crippen molar-refractivity contribution in [3.05, 3.63) is 41.7 Å². The highest BCUT2D eigenvalue weighted by molar-refractivity contribution is 5.66. The number of halogens is 3. The van der Waals surface area contributed by atoms with Gasteiger partial charge >= 0.3 is 6.18 Å². The number of aromatic nitrogens is 2. The zero-order valence-electron chi connectivity index (χ0n) is 14.0. The largest absolute Gasteiger partial charge is 0.416 e. The van der Waals surface area contributed by atoms with E-state index in [-0.39, 0.29) is 0 Å². The van der Waals surface area contributed by atoms with Gasteiger partial charge in [0.15, 0.2) is 0 Å². The van der Waals surface area contributed by atoms with Crippen molar-refractivity contribution in [3.8, 4) is 11.1 Å². The third-order valence-corrected chi connectivity index (χ3v) is 5.38. The molecule has 0 atom stereocenters. The summed E-state index contributed by atoms with van der Waals surface area (Å²) < 4.78 is 39.0. The summed E-state index contributed by atoms with van der Waals surface area (Å²) in [6.07, 6.45) is 2.11. The lowest BCUT2D eigenvalue weighted by atomic mass is 9.89. The van der Waals surface area contributed by atoms with Crippen LogP contribution in [-0.2, 0) is 6.18 Å².